The molecular weight excluding hydrogens is 142 g/mol. The molecule has 1 N–H and O–H groups in total. The summed E-state index contributed by atoms with van der Waals surface area (Å²) < 4.78 is 28.3. The highest BCUT2D eigenvalue weighted by atomic mass is 19.3. The van der Waals surface area contributed by atoms with Crippen LogP contribution in [-0.4, -0.2) is 30.3 Å². The van der Waals surface area contributed by atoms with Gasteiger partial charge in [-0.05, 0) is 12.8 Å². The predicted octanol–water partition coefficient (Wildman–Crippen LogP) is 0.791. The van der Waals surface area contributed by atoms with Gasteiger partial charge in [0.05, 0.1) is 6.10 Å². The van der Waals surface area contributed by atoms with Crippen LogP contribution in [0, 0.1) is 0 Å². The van der Waals surface area contributed by atoms with Crippen LogP contribution in [0.5, 0.6) is 0 Å². The Morgan fingerprint density at radius 1 is 1.50 bits per heavy atom. The summed E-state index contributed by atoms with van der Waals surface area (Å²) >= 11 is 0. The van der Waals surface area contributed by atoms with E-state index < -0.39 is 18.6 Å². The molecule has 0 aromatic carbocycles. The number of hydrogen-bond donors (Lipinski definition) is 1. The van der Waals surface area contributed by atoms with Crippen molar-refractivity contribution in [2.45, 2.75) is 31.5 Å². The molecule has 1 aliphatic heterocycles. The lowest BCUT2D eigenvalue weighted by molar-refractivity contribution is -0.0827. The Hall–Kier alpha value is -0.220. The fraction of sp³-hybridized carbons (Fsp3) is 1.00. The highest BCUT2D eigenvalue weighted by molar-refractivity contribution is 4.74. The molecule has 0 amide bonds. The largest absolute Gasteiger partial charge is 0.384 e. The van der Waals surface area contributed by atoms with Gasteiger partial charge in [-0.2, -0.15) is 0 Å². The van der Waals surface area contributed by atoms with Crippen LogP contribution in [0.2, 0.25) is 0 Å². The smallest absolute Gasteiger partial charge is 0.266 e. The van der Waals surface area contributed by atoms with Crippen LogP contribution in [0.4, 0.5) is 8.78 Å². The Balaban J connectivity index is 2.32. The second-order valence-electron chi connectivity index (χ2n) is 2.38. The molecule has 60 valence electrons. The first kappa shape index (κ1) is 7.88. The molecule has 1 rings (SSSR count). The molecule has 1 aliphatic rings. The molecule has 0 spiro atoms. The molecule has 2 unspecified atom stereocenters. The van der Waals surface area contributed by atoms with Crippen molar-refractivity contribution in [3.05, 3.63) is 0 Å². The Labute approximate surface area is 57.8 Å². The van der Waals surface area contributed by atoms with Gasteiger partial charge in [-0.15, -0.1) is 0 Å². The summed E-state index contributed by atoms with van der Waals surface area (Å²) in [5, 5.41) is 8.75. The molecule has 1 fully saturated rings. The van der Waals surface area contributed by atoms with Crippen molar-refractivity contribution in [1.29, 1.82) is 0 Å². The van der Waals surface area contributed by atoms with E-state index in [1.807, 2.05) is 0 Å². The Kier molecular flexibility index (Phi) is 2.56. The lowest BCUT2D eigenvalue weighted by Crippen LogP contribution is -2.31. The van der Waals surface area contributed by atoms with Crippen molar-refractivity contribution in [3.8, 4) is 0 Å². The quantitative estimate of drug-likeness (QED) is 0.634. The summed E-state index contributed by atoms with van der Waals surface area (Å²) in [7, 11) is 0. The number of ether oxygens (including phenoxy) is 1. The third-order valence-electron chi connectivity index (χ3n) is 1.60. The van der Waals surface area contributed by atoms with Crippen LogP contribution in [-0.2, 0) is 4.74 Å². The van der Waals surface area contributed by atoms with E-state index in [-0.39, 0.29) is 0 Å². The number of hydrogen-bond acceptors (Lipinski definition) is 2. The van der Waals surface area contributed by atoms with Gasteiger partial charge in [-0.1, -0.05) is 0 Å². The Morgan fingerprint density at radius 3 is 2.60 bits per heavy atom. The molecule has 1 saturated heterocycles. The van der Waals surface area contributed by atoms with Crippen molar-refractivity contribution in [2.24, 2.45) is 0 Å². The fourth-order valence-corrected chi connectivity index (χ4v) is 1.03. The minimum Gasteiger partial charge on any atom is -0.384 e. The zero-order valence-corrected chi connectivity index (χ0v) is 5.46. The van der Waals surface area contributed by atoms with Crippen LogP contribution in [0.3, 0.4) is 0 Å². The number of aliphatic hydroxyl groups is 1. The van der Waals surface area contributed by atoms with E-state index in [2.05, 4.69) is 0 Å². The van der Waals surface area contributed by atoms with Gasteiger partial charge < -0.3 is 9.84 Å². The highest BCUT2D eigenvalue weighted by Gasteiger charge is 2.30. The minimum atomic E-state index is -2.68. The van der Waals surface area contributed by atoms with Gasteiger partial charge in [0.25, 0.3) is 6.43 Å². The Morgan fingerprint density at radius 2 is 2.20 bits per heavy atom. The number of aliphatic hydroxyl groups excluding tert-OH is 1. The molecule has 2 atom stereocenters. The first-order valence-corrected chi connectivity index (χ1v) is 3.29. The summed E-state index contributed by atoms with van der Waals surface area (Å²) in [6.07, 6.45) is -3.59. The normalized spacial score (nSPS) is 29.4. The molecule has 1 heterocycles. The van der Waals surface area contributed by atoms with Crippen LogP contribution in [0.25, 0.3) is 0 Å². The molecule has 0 aromatic heterocycles. The van der Waals surface area contributed by atoms with Gasteiger partial charge in [0.2, 0.25) is 0 Å². The summed E-state index contributed by atoms with van der Waals surface area (Å²) in [5.41, 5.74) is 0. The summed E-state index contributed by atoms with van der Waals surface area (Å²) in [6.45, 7) is 0.494. The van der Waals surface area contributed by atoms with Crippen molar-refractivity contribution >= 4 is 0 Å². The summed E-state index contributed by atoms with van der Waals surface area (Å²) in [6, 6.07) is 0. The molecule has 0 aliphatic carbocycles. The van der Waals surface area contributed by atoms with Crippen molar-refractivity contribution in [1.82, 2.24) is 0 Å². The van der Waals surface area contributed by atoms with E-state index >= 15 is 0 Å². The molecule has 10 heavy (non-hydrogen) atoms. The number of alkyl halides is 2. The third-order valence-corrected chi connectivity index (χ3v) is 1.60. The average molecular weight is 152 g/mol. The molecule has 2 nitrogen and oxygen atoms in total. The monoisotopic (exact) mass is 152 g/mol. The van der Waals surface area contributed by atoms with E-state index in [1.54, 1.807) is 0 Å². The predicted molar refractivity (Wildman–Crippen MR) is 31.0 cm³/mol. The van der Waals surface area contributed by atoms with Crippen LogP contribution in [0.15, 0.2) is 0 Å². The van der Waals surface area contributed by atoms with Gasteiger partial charge in [0.1, 0.15) is 6.10 Å². The Bertz CT molecular complexity index is 102. The van der Waals surface area contributed by atoms with E-state index in [0.717, 1.165) is 6.42 Å². The number of rotatable bonds is 2. The second kappa shape index (κ2) is 3.25. The molecule has 0 radical (unpaired) electrons. The van der Waals surface area contributed by atoms with E-state index in [1.165, 1.54) is 0 Å². The average Bonchev–Trinajstić information content (AvgIpc) is 2.36. The van der Waals surface area contributed by atoms with Crippen LogP contribution >= 0.6 is 0 Å². The van der Waals surface area contributed by atoms with E-state index in [0.29, 0.717) is 13.0 Å². The van der Waals surface area contributed by atoms with E-state index in [4.69, 9.17) is 9.84 Å². The molecular formula is C6H10F2O2. The highest BCUT2D eigenvalue weighted by Crippen LogP contribution is 2.19. The van der Waals surface area contributed by atoms with Crippen molar-refractivity contribution in [2.75, 3.05) is 6.61 Å². The maximum Gasteiger partial charge on any atom is 0.266 e. The summed E-state index contributed by atoms with van der Waals surface area (Å²) in [4.78, 5) is 0. The minimum absolute atomic E-state index is 0.494. The molecule has 4 heteroatoms. The van der Waals surface area contributed by atoms with E-state index in [9.17, 15) is 8.78 Å². The lowest BCUT2D eigenvalue weighted by Gasteiger charge is -2.15. The molecule has 0 aromatic rings. The van der Waals surface area contributed by atoms with Gasteiger partial charge in [0.15, 0.2) is 0 Å². The topological polar surface area (TPSA) is 29.5 Å². The maximum absolute atomic E-state index is 11.8. The van der Waals surface area contributed by atoms with Crippen LogP contribution in [0.1, 0.15) is 12.8 Å². The zero-order chi connectivity index (χ0) is 7.56. The SMILES string of the molecule is OC(C(F)F)C1CCCO1. The van der Waals surface area contributed by atoms with Gasteiger partial charge >= 0.3 is 0 Å². The first-order chi connectivity index (χ1) is 4.72. The van der Waals surface area contributed by atoms with Crippen molar-refractivity contribution in [3.63, 3.8) is 0 Å². The fourth-order valence-electron chi connectivity index (χ4n) is 1.03. The van der Waals surface area contributed by atoms with Gasteiger partial charge in [-0.25, -0.2) is 8.78 Å². The summed E-state index contributed by atoms with van der Waals surface area (Å²) in [5.74, 6) is 0. The first-order valence-electron chi connectivity index (χ1n) is 3.29. The second-order valence-corrected chi connectivity index (χ2v) is 2.38. The molecule has 0 bridgehead atoms. The van der Waals surface area contributed by atoms with Crippen LogP contribution < -0.4 is 0 Å². The third kappa shape index (κ3) is 1.64. The number of halogens is 2. The maximum atomic E-state index is 11.8. The van der Waals surface area contributed by atoms with Gasteiger partial charge in [-0.3, -0.25) is 0 Å². The lowest BCUT2D eigenvalue weighted by atomic mass is 10.1. The van der Waals surface area contributed by atoms with Crippen molar-refractivity contribution < 1.29 is 18.6 Å². The zero-order valence-electron chi connectivity index (χ0n) is 5.46. The van der Waals surface area contributed by atoms with Gasteiger partial charge in [0, 0.05) is 6.61 Å². The molecule has 0 saturated carbocycles. The standard InChI is InChI=1S/C6H10F2O2/c7-6(8)5(9)4-2-1-3-10-4/h4-6,9H,1-3H2.